The maximum absolute atomic E-state index is 14.3. The smallest absolute Gasteiger partial charge is 0.289 e. The molecule has 0 saturated heterocycles. The normalized spacial score (nSPS) is 19.8. The summed E-state index contributed by atoms with van der Waals surface area (Å²) < 4.78 is 0. The van der Waals surface area contributed by atoms with Gasteiger partial charge in [0.05, 0.1) is 24.8 Å². The van der Waals surface area contributed by atoms with Crippen LogP contribution in [0, 0.1) is 11.3 Å². The molecule has 3 N–H and O–H groups in total. The van der Waals surface area contributed by atoms with Crippen molar-refractivity contribution in [2.75, 3.05) is 13.1 Å². The molecule has 12 heteroatoms. The van der Waals surface area contributed by atoms with Crippen molar-refractivity contribution in [2.24, 2.45) is 16.5 Å². The maximum Gasteiger partial charge on any atom is 0.289 e. The van der Waals surface area contributed by atoms with Gasteiger partial charge >= 0.3 is 0 Å². The molecule has 2 bridgehead atoms. The summed E-state index contributed by atoms with van der Waals surface area (Å²) in [5.74, 6) is -2.69. The van der Waals surface area contributed by atoms with Crippen molar-refractivity contribution < 1.29 is 28.8 Å². The molecule has 1 fully saturated rings. The van der Waals surface area contributed by atoms with E-state index in [-0.39, 0.29) is 37.3 Å². The van der Waals surface area contributed by atoms with Crippen molar-refractivity contribution in [3.63, 3.8) is 0 Å². The molecular weight excluding hydrogens is 586 g/mol. The second kappa shape index (κ2) is 13.3. The minimum absolute atomic E-state index is 0.000253. The summed E-state index contributed by atoms with van der Waals surface area (Å²) in [4.78, 5) is 73.5. The van der Waals surface area contributed by atoms with Crippen LogP contribution in [0.2, 0.25) is 5.02 Å². The van der Waals surface area contributed by atoms with Crippen LogP contribution >= 0.6 is 11.6 Å². The Balaban J connectivity index is 1.61. The van der Waals surface area contributed by atoms with Crippen LogP contribution in [0.1, 0.15) is 91.2 Å². The molecule has 44 heavy (non-hydrogen) atoms. The molecule has 1 saturated carbocycles. The van der Waals surface area contributed by atoms with Crippen molar-refractivity contribution in [3.05, 3.63) is 34.3 Å². The lowest BCUT2D eigenvalue weighted by molar-refractivity contribution is -0.147. The molecule has 1 aromatic carbocycles. The molecule has 1 heterocycles. The van der Waals surface area contributed by atoms with Gasteiger partial charge < -0.3 is 25.7 Å². The van der Waals surface area contributed by atoms with E-state index in [0.717, 1.165) is 24.0 Å². The van der Waals surface area contributed by atoms with Gasteiger partial charge in [0.2, 0.25) is 23.5 Å². The Bertz CT molecular complexity index is 1350. The first-order valence-corrected chi connectivity index (χ1v) is 15.8. The fraction of sp³-hybridized carbons (Fsp3) is 0.625. The molecule has 1 aliphatic heterocycles. The first-order valence-electron chi connectivity index (χ1n) is 15.4. The van der Waals surface area contributed by atoms with E-state index in [0.29, 0.717) is 23.6 Å². The summed E-state index contributed by atoms with van der Waals surface area (Å²) in [7, 11) is 0. The van der Waals surface area contributed by atoms with Crippen molar-refractivity contribution in [1.82, 2.24) is 20.9 Å². The average molecular weight is 630 g/mol. The molecule has 0 spiro atoms. The predicted octanol–water partition coefficient (Wildman–Crippen LogP) is 3.21. The topological polar surface area (TPSA) is 146 Å². The monoisotopic (exact) mass is 629 g/mol. The Hall–Kier alpha value is -3.47. The van der Waals surface area contributed by atoms with E-state index in [1.807, 2.05) is 47.6 Å². The Morgan fingerprint density at radius 2 is 1.82 bits per heavy atom. The SMILES string of the molecule is CCC[C@H](NC(=O)CN(C[C@@]12CC(=NO1)c1cc(Cl)ccc12)C(=O)[C@@H](NC(=O)CC(C)C)C(C)(C)C)C(=O)C(=O)NC1CC1. The molecular formula is C32H44ClN5O6. The van der Waals surface area contributed by atoms with Gasteiger partial charge in [-0.15, -0.1) is 0 Å². The lowest BCUT2D eigenvalue weighted by Crippen LogP contribution is -2.59. The highest BCUT2D eigenvalue weighted by Gasteiger charge is 2.52. The molecule has 4 rings (SSSR count). The lowest BCUT2D eigenvalue weighted by atomic mass is 9.85. The first-order chi connectivity index (χ1) is 20.6. The molecule has 3 aliphatic rings. The molecule has 240 valence electrons. The molecule has 0 unspecified atom stereocenters. The predicted molar refractivity (Wildman–Crippen MR) is 166 cm³/mol. The number of hydrogen-bond donors (Lipinski definition) is 3. The third kappa shape index (κ3) is 7.78. The van der Waals surface area contributed by atoms with E-state index in [9.17, 15) is 24.0 Å². The van der Waals surface area contributed by atoms with Gasteiger partial charge in [0.25, 0.3) is 5.91 Å². The number of benzene rings is 1. The van der Waals surface area contributed by atoms with Gasteiger partial charge in [-0.25, -0.2) is 0 Å². The first kappa shape index (κ1) is 33.4. The Morgan fingerprint density at radius 3 is 2.43 bits per heavy atom. The zero-order valence-electron chi connectivity index (χ0n) is 26.4. The lowest BCUT2D eigenvalue weighted by Gasteiger charge is -2.38. The van der Waals surface area contributed by atoms with Gasteiger partial charge in [-0.05, 0) is 42.7 Å². The van der Waals surface area contributed by atoms with E-state index in [2.05, 4.69) is 21.1 Å². The molecule has 2 aliphatic carbocycles. The third-order valence-electron chi connectivity index (χ3n) is 8.04. The zero-order chi connectivity index (χ0) is 32.4. The van der Waals surface area contributed by atoms with Crippen LogP contribution in [-0.2, 0) is 34.4 Å². The summed E-state index contributed by atoms with van der Waals surface area (Å²) >= 11 is 6.25. The number of Topliss-reactive ketones (excluding diaryl/α,β-unsaturated/α-hetero) is 1. The van der Waals surface area contributed by atoms with Crippen molar-refractivity contribution >= 4 is 46.7 Å². The van der Waals surface area contributed by atoms with Crippen LogP contribution in [0.15, 0.2) is 23.4 Å². The fourth-order valence-electron chi connectivity index (χ4n) is 5.64. The second-order valence-corrected chi connectivity index (χ2v) is 14.1. The van der Waals surface area contributed by atoms with E-state index in [1.165, 1.54) is 4.90 Å². The van der Waals surface area contributed by atoms with Gasteiger partial charge in [0.1, 0.15) is 6.04 Å². The van der Waals surface area contributed by atoms with E-state index in [1.54, 1.807) is 12.1 Å². The highest BCUT2D eigenvalue weighted by molar-refractivity contribution is 6.38. The number of nitrogens with one attached hydrogen (secondary N) is 3. The van der Waals surface area contributed by atoms with Crippen molar-refractivity contribution in [3.8, 4) is 0 Å². The van der Waals surface area contributed by atoms with Crippen LogP contribution in [0.3, 0.4) is 0 Å². The minimum atomic E-state index is -1.04. The Morgan fingerprint density at radius 1 is 1.11 bits per heavy atom. The van der Waals surface area contributed by atoms with E-state index < -0.39 is 53.1 Å². The fourth-order valence-corrected chi connectivity index (χ4v) is 5.82. The standard InChI is InChI=1S/C32H44ClN5O6/c1-7-8-23(27(41)29(42)34-20-10-11-20)35-26(40)16-38(30(43)28(31(4,5)6)36-25(39)13-18(2)3)17-32-15-24(37-44-32)21-14-19(33)9-12-22(21)32/h9,12,14,18,20,23,28H,7-8,10-11,13,15-17H2,1-6H3,(H,34,42)(H,35,40)(H,36,39)/t23-,28+,32+/m0/s1. The number of rotatable bonds is 14. The van der Waals surface area contributed by atoms with Crippen LogP contribution in [0.4, 0.5) is 0 Å². The van der Waals surface area contributed by atoms with Crippen molar-refractivity contribution in [2.45, 2.75) is 104 Å². The van der Waals surface area contributed by atoms with Crippen LogP contribution in [-0.4, -0.2) is 71.2 Å². The van der Waals surface area contributed by atoms with Gasteiger partial charge in [-0.2, -0.15) is 0 Å². The zero-order valence-corrected chi connectivity index (χ0v) is 27.2. The number of nitrogens with zero attached hydrogens (tertiary/aromatic N) is 2. The number of hydrogen-bond acceptors (Lipinski definition) is 7. The quantitative estimate of drug-likeness (QED) is 0.269. The molecule has 0 radical (unpaired) electrons. The third-order valence-corrected chi connectivity index (χ3v) is 8.27. The number of ketones is 1. The minimum Gasteiger partial charge on any atom is -0.382 e. The Kier molecular flexibility index (Phi) is 10.1. The maximum atomic E-state index is 14.3. The van der Waals surface area contributed by atoms with Crippen LogP contribution in [0.25, 0.3) is 0 Å². The van der Waals surface area contributed by atoms with Crippen LogP contribution < -0.4 is 16.0 Å². The van der Waals surface area contributed by atoms with Gasteiger partial charge in [-0.1, -0.05) is 70.8 Å². The van der Waals surface area contributed by atoms with E-state index in [4.69, 9.17) is 16.4 Å². The number of fused-ring (bicyclic) bond motifs is 5. The molecule has 3 atom stereocenters. The number of amides is 4. The molecule has 1 aromatic rings. The van der Waals surface area contributed by atoms with Gasteiger partial charge in [-0.3, -0.25) is 24.0 Å². The highest BCUT2D eigenvalue weighted by Crippen LogP contribution is 2.46. The second-order valence-electron chi connectivity index (χ2n) is 13.7. The largest absolute Gasteiger partial charge is 0.382 e. The number of carbonyl (C=O) groups is 5. The van der Waals surface area contributed by atoms with Gasteiger partial charge in [0.15, 0.2) is 5.60 Å². The molecule has 0 aromatic heterocycles. The highest BCUT2D eigenvalue weighted by atomic mass is 35.5. The average Bonchev–Trinajstić information content (AvgIpc) is 3.57. The Labute approximate surface area is 263 Å². The summed E-state index contributed by atoms with van der Waals surface area (Å²) in [6.07, 6.45) is 3.10. The summed E-state index contributed by atoms with van der Waals surface area (Å²) in [6, 6.07) is 3.39. The summed E-state index contributed by atoms with van der Waals surface area (Å²) in [5.41, 5.74) is 0.591. The number of carbonyl (C=O) groups excluding carboxylic acids is 5. The summed E-state index contributed by atoms with van der Waals surface area (Å²) in [5, 5.41) is 13.0. The van der Waals surface area contributed by atoms with Crippen molar-refractivity contribution in [1.29, 1.82) is 0 Å². The van der Waals surface area contributed by atoms with E-state index >= 15 is 0 Å². The number of oxime groups is 1. The molecule has 4 amide bonds. The van der Waals surface area contributed by atoms with Crippen LogP contribution in [0.5, 0.6) is 0 Å². The summed E-state index contributed by atoms with van der Waals surface area (Å²) in [6.45, 7) is 10.8. The molecule has 11 nitrogen and oxygen atoms in total. The number of halogens is 1. The van der Waals surface area contributed by atoms with Gasteiger partial charge in [0, 0.05) is 35.0 Å².